The Balaban J connectivity index is 1.85. The van der Waals surface area contributed by atoms with E-state index in [0.29, 0.717) is 18.6 Å². The number of hydrogen-bond donors (Lipinski definition) is 2. The highest BCUT2D eigenvalue weighted by atomic mass is 32.1. The zero-order valence-electron chi connectivity index (χ0n) is 14.9. The van der Waals surface area contributed by atoms with E-state index in [1.165, 1.54) is 30.7 Å². The molecule has 1 aromatic rings. The number of likely N-dealkylation sites (tertiary alicyclic amines) is 1. The maximum Gasteiger partial charge on any atom is 0.191 e. The number of piperidine rings is 1. The van der Waals surface area contributed by atoms with Gasteiger partial charge in [-0.2, -0.15) is 0 Å². The van der Waals surface area contributed by atoms with E-state index in [2.05, 4.69) is 53.2 Å². The fourth-order valence-electron chi connectivity index (χ4n) is 3.10. The summed E-state index contributed by atoms with van der Waals surface area (Å²) < 4.78 is 0. The van der Waals surface area contributed by atoms with Crippen molar-refractivity contribution in [3.8, 4) is 0 Å². The first-order chi connectivity index (χ1) is 11.1. The Morgan fingerprint density at radius 3 is 2.96 bits per heavy atom. The Morgan fingerprint density at radius 1 is 1.48 bits per heavy atom. The van der Waals surface area contributed by atoms with Crippen LogP contribution in [-0.2, 0) is 6.54 Å². The molecule has 6 heteroatoms. The van der Waals surface area contributed by atoms with Gasteiger partial charge in [0.05, 0.1) is 6.54 Å². The molecule has 1 fully saturated rings. The van der Waals surface area contributed by atoms with Crippen molar-refractivity contribution in [1.82, 2.24) is 20.5 Å². The predicted molar refractivity (Wildman–Crippen MR) is 99.2 cm³/mol. The van der Waals surface area contributed by atoms with E-state index in [-0.39, 0.29) is 0 Å². The van der Waals surface area contributed by atoms with Gasteiger partial charge in [0.1, 0.15) is 5.01 Å². The molecule has 0 radical (unpaired) electrons. The Hall–Kier alpha value is -1.14. The van der Waals surface area contributed by atoms with Gasteiger partial charge in [0.2, 0.25) is 0 Å². The molecule has 1 aromatic heterocycles. The van der Waals surface area contributed by atoms with Crippen LogP contribution < -0.4 is 10.6 Å². The van der Waals surface area contributed by atoms with Gasteiger partial charge in [-0.05, 0) is 47.1 Å². The van der Waals surface area contributed by atoms with Crippen LogP contribution in [0.1, 0.15) is 49.9 Å². The summed E-state index contributed by atoms with van der Waals surface area (Å²) in [4.78, 5) is 12.9. The summed E-state index contributed by atoms with van der Waals surface area (Å²) in [6.07, 6.45) is 5.93. The third kappa shape index (κ3) is 5.77. The highest BCUT2D eigenvalue weighted by Gasteiger charge is 2.22. The topological polar surface area (TPSA) is 52.6 Å². The summed E-state index contributed by atoms with van der Waals surface area (Å²) in [5, 5.41) is 7.88. The first-order valence-electron chi connectivity index (χ1n) is 8.79. The van der Waals surface area contributed by atoms with Crippen LogP contribution in [-0.4, -0.2) is 47.6 Å². The number of aromatic nitrogens is 1. The molecule has 5 nitrogen and oxygen atoms in total. The normalized spacial score (nSPS) is 21.2. The van der Waals surface area contributed by atoms with Crippen LogP contribution in [0.5, 0.6) is 0 Å². The Kier molecular flexibility index (Phi) is 7.30. The number of nitrogens with one attached hydrogen (secondary N) is 2. The van der Waals surface area contributed by atoms with E-state index in [1.54, 1.807) is 11.3 Å². The summed E-state index contributed by atoms with van der Waals surface area (Å²) in [6, 6.07) is 1.22. The predicted octanol–water partition coefficient (Wildman–Crippen LogP) is 2.77. The van der Waals surface area contributed by atoms with E-state index in [4.69, 9.17) is 0 Å². The molecule has 0 aromatic carbocycles. The quantitative estimate of drug-likeness (QED) is 0.619. The van der Waals surface area contributed by atoms with Gasteiger partial charge in [-0.15, -0.1) is 11.3 Å². The molecule has 130 valence electrons. The van der Waals surface area contributed by atoms with Gasteiger partial charge in [0.25, 0.3) is 0 Å². The highest BCUT2D eigenvalue weighted by molar-refractivity contribution is 7.11. The minimum absolute atomic E-state index is 0.524. The van der Waals surface area contributed by atoms with Gasteiger partial charge in [-0.1, -0.05) is 6.42 Å². The Morgan fingerprint density at radius 2 is 2.30 bits per heavy atom. The molecule has 0 aliphatic carbocycles. The molecule has 1 aliphatic heterocycles. The van der Waals surface area contributed by atoms with Crippen molar-refractivity contribution in [3.05, 3.63) is 16.1 Å². The standard InChI is InChI=1S/C17H31N5S/c1-5-18-17(21-12-16-19-11-15(4)23-16)20-10-14(3)22-9-7-6-8-13(22)2/h11,13-14H,5-10,12H2,1-4H3,(H2,18,20,21). The number of aryl methyl sites for hydroxylation is 1. The molecule has 2 unspecified atom stereocenters. The van der Waals surface area contributed by atoms with Crippen molar-refractivity contribution < 1.29 is 0 Å². The second kappa shape index (κ2) is 9.23. The number of aliphatic imine (C=N–C) groups is 1. The Bertz CT molecular complexity index is 499. The van der Waals surface area contributed by atoms with Crippen molar-refractivity contribution in [1.29, 1.82) is 0 Å². The lowest BCUT2D eigenvalue weighted by atomic mass is 10.0. The van der Waals surface area contributed by atoms with Gasteiger partial charge >= 0.3 is 0 Å². The molecule has 1 saturated heterocycles. The molecule has 2 N–H and O–H groups in total. The average Bonchev–Trinajstić information content (AvgIpc) is 2.95. The number of rotatable bonds is 6. The average molecular weight is 338 g/mol. The molecule has 0 bridgehead atoms. The van der Waals surface area contributed by atoms with Gasteiger partial charge in [0, 0.05) is 36.2 Å². The lowest BCUT2D eigenvalue weighted by Crippen LogP contribution is -2.50. The number of hydrogen-bond acceptors (Lipinski definition) is 4. The van der Waals surface area contributed by atoms with Crippen LogP contribution in [0.3, 0.4) is 0 Å². The van der Waals surface area contributed by atoms with E-state index in [0.717, 1.165) is 24.1 Å². The van der Waals surface area contributed by atoms with Gasteiger partial charge in [0.15, 0.2) is 5.96 Å². The van der Waals surface area contributed by atoms with Crippen LogP contribution in [0.4, 0.5) is 0 Å². The maximum absolute atomic E-state index is 4.66. The van der Waals surface area contributed by atoms with Crippen LogP contribution in [0.25, 0.3) is 0 Å². The van der Waals surface area contributed by atoms with E-state index < -0.39 is 0 Å². The molecule has 2 atom stereocenters. The zero-order valence-corrected chi connectivity index (χ0v) is 15.7. The van der Waals surface area contributed by atoms with Crippen molar-refractivity contribution >= 4 is 17.3 Å². The fraction of sp³-hybridized carbons (Fsp3) is 0.765. The third-order valence-corrected chi connectivity index (χ3v) is 5.27. The molecule has 2 rings (SSSR count). The van der Waals surface area contributed by atoms with Gasteiger partial charge in [-0.3, -0.25) is 4.90 Å². The summed E-state index contributed by atoms with van der Waals surface area (Å²) >= 11 is 1.71. The van der Waals surface area contributed by atoms with Crippen molar-refractivity contribution in [2.45, 2.75) is 65.6 Å². The van der Waals surface area contributed by atoms with Crippen molar-refractivity contribution in [2.75, 3.05) is 19.6 Å². The molecule has 23 heavy (non-hydrogen) atoms. The number of thiazole rings is 1. The smallest absolute Gasteiger partial charge is 0.191 e. The highest BCUT2D eigenvalue weighted by Crippen LogP contribution is 2.18. The van der Waals surface area contributed by atoms with Crippen LogP contribution in [0.15, 0.2) is 11.2 Å². The van der Waals surface area contributed by atoms with E-state index >= 15 is 0 Å². The van der Waals surface area contributed by atoms with Crippen molar-refractivity contribution in [3.63, 3.8) is 0 Å². The molecular weight excluding hydrogens is 306 g/mol. The Labute approximate surface area is 144 Å². The lowest BCUT2D eigenvalue weighted by molar-refractivity contribution is 0.115. The maximum atomic E-state index is 4.66. The lowest BCUT2D eigenvalue weighted by Gasteiger charge is -2.38. The molecule has 2 heterocycles. The molecule has 1 aliphatic rings. The van der Waals surface area contributed by atoms with Gasteiger partial charge < -0.3 is 10.6 Å². The third-order valence-electron chi connectivity index (χ3n) is 4.37. The first kappa shape index (κ1) is 18.2. The van der Waals surface area contributed by atoms with Crippen molar-refractivity contribution in [2.24, 2.45) is 4.99 Å². The van der Waals surface area contributed by atoms with E-state index in [9.17, 15) is 0 Å². The second-order valence-corrected chi connectivity index (χ2v) is 7.69. The number of nitrogens with zero attached hydrogens (tertiary/aromatic N) is 3. The molecule has 0 saturated carbocycles. The number of guanidine groups is 1. The summed E-state index contributed by atoms with van der Waals surface area (Å²) in [6.45, 7) is 12.5. The minimum Gasteiger partial charge on any atom is -0.357 e. The zero-order chi connectivity index (χ0) is 16.7. The molecule has 0 spiro atoms. The minimum atomic E-state index is 0.524. The second-order valence-electron chi connectivity index (χ2n) is 6.37. The van der Waals surface area contributed by atoms with E-state index in [1.807, 2.05) is 6.20 Å². The largest absolute Gasteiger partial charge is 0.357 e. The molecular formula is C17H31N5S. The van der Waals surface area contributed by atoms with Crippen LogP contribution in [0.2, 0.25) is 0 Å². The monoisotopic (exact) mass is 337 g/mol. The van der Waals surface area contributed by atoms with Crippen LogP contribution >= 0.6 is 11.3 Å². The summed E-state index contributed by atoms with van der Waals surface area (Å²) in [5.74, 6) is 0.886. The fourth-order valence-corrected chi connectivity index (χ4v) is 3.81. The summed E-state index contributed by atoms with van der Waals surface area (Å²) in [5.41, 5.74) is 0. The van der Waals surface area contributed by atoms with Gasteiger partial charge in [-0.25, -0.2) is 9.98 Å². The first-order valence-corrected chi connectivity index (χ1v) is 9.61. The van der Waals surface area contributed by atoms with Crippen LogP contribution in [0, 0.1) is 6.92 Å². The molecule has 0 amide bonds. The SMILES string of the molecule is CCNC(=NCc1ncc(C)s1)NCC(C)N1CCCCC1C. The summed E-state index contributed by atoms with van der Waals surface area (Å²) in [7, 11) is 0.